The molecule has 1 unspecified atom stereocenters. The highest BCUT2D eigenvalue weighted by molar-refractivity contribution is 9.10. The molecule has 2 aromatic rings. The fourth-order valence-electron chi connectivity index (χ4n) is 2.66. The van der Waals surface area contributed by atoms with Gasteiger partial charge in [-0.2, -0.15) is 5.10 Å². The molecule has 0 saturated carbocycles. The van der Waals surface area contributed by atoms with Crippen molar-refractivity contribution in [3.63, 3.8) is 0 Å². The Morgan fingerprint density at radius 1 is 1.59 bits per heavy atom. The molecule has 2 heterocycles. The topological polar surface area (TPSA) is 51.2 Å². The third-order valence-corrected chi connectivity index (χ3v) is 4.00. The molecule has 5 heteroatoms. The lowest BCUT2D eigenvalue weighted by atomic mass is 9.80. The third-order valence-electron chi connectivity index (χ3n) is 3.42. The fourth-order valence-corrected chi connectivity index (χ4v) is 3.34. The van der Waals surface area contributed by atoms with Crippen LogP contribution in [0, 0.1) is 0 Å². The average molecular weight is 297 g/mol. The molecule has 2 aromatic heterocycles. The summed E-state index contributed by atoms with van der Waals surface area (Å²) in [4.78, 5) is 0. The predicted octanol–water partition coefficient (Wildman–Crippen LogP) is 2.35. The zero-order valence-electron chi connectivity index (χ0n) is 9.48. The predicted molar refractivity (Wildman–Crippen MR) is 65.6 cm³/mol. The average Bonchev–Trinajstić information content (AvgIpc) is 2.87. The molecule has 1 atom stereocenters. The molecule has 0 radical (unpaired) electrons. The smallest absolute Gasteiger partial charge is 0.136 e. The van der Waals surface area contributed by atoms with E-state index in [4.69, 9.17) is 4.42 Å². The van der Waals surface area contributed by atoms with E-state index in [1.165, 1.54) is 0 Å². The minimum absolute atomic E-state index is 0.692. The molecule has 3 rings (SSSR count). The summed E-state index contributed by atoms with van der Waals surface area (Å²) >= 11 is 3.45. The van der Waals surface area contributed by atoms with Crippen LogP contribution in [0.5, 0.6) is 0 Å². The van der Waals surface area contributed by atoms with Crippen LogP contribution in [-0.4, -0.2) is 14.9 Å². The molecule has 1 N–H and O–H groups in total. The monoisotopic (exact) mass is 296 g/mol. The quantitative estimate of drug-likeness (QED) is 0.879. The summed E-state index contributed by atoms with van der Waals surface area (Å²) in [5.74, 6) is 0.881. The molecule has 1 aliphatic carbocycles. The van der Waals surface area contributed by atoms with Gasteiger partial charge in [0.2, 0.25) is 0 Å². The van der Waals surface area contributed by atoms with Gasteiger partial charge in [0.1, 0.15) is 11.4 Å². The molecule has 0 amide bonds. The molecule has 0 aliphatic heterocycles. The van der Waals surface area contributed by atoms with Crippen molar-refractivity contribution in [2.24, 2.45) is 7.05 Å². The van der Waals surface area contributed by atoms with Gasteiger partial charge >= 0.3 is 0 Å². The molecular formula is C12H13BrN2O2. The van der Waals surface area contributed by atoms with E-state index in [2.05, 4.69) is 21.0 Å². The summed E-state index contributed by atoms with van der Waals surface area (Å²) in [7, 11) is 1.84. The van der Waals surface area contributed by atoms with Gasteiger partial charge in [0.15, 0.2) is 0 Å². The van der Waals surface area contributed by atoms with Crippen molar-refractivity contribution in [1.82, 2.24) is 9.78 Å². The van der Waals surface area contributed by atoms with Gasteiger partial charge in [-0.05, 0) is 34.8 Å². The van der Waals surface area contributed by atoms with Crippen molar-refractivity contribution in [3.05, 3.63) is 40.0 Å². The van der Waals surface area contributed by atoms with Gasteiger partial charge < -0.3 is 9.52 Å². The lowest BCUT2D eigenvalue weighted by molar-refractivity contribution is 0.0500. The summed E-state index contributed by atoms with van der Waals surface area (Å²) in [5.41, 5.74) is 0.665. The number of hydrogen-bond donors (Lipinski definition) is 1. The standard InChI is InChI=1S/C12H13BrN2O2/c1-15-11(9(13)7-14-15)12(16)5-2-3-10-8(12)4-6-17-10/h4,6-7,16H,2-3,5H2,1H3. The first kappa shape index (κ1) is 11.0. The maximum absolute atomic E-state index is 11.0. The molecule has 0 bridgehead atoms. The Kier molecular flexibility index (Phi) is 2.41. The molecule has 17 heavy (non-hydrogen) atoms. The zero-order chi connectivity index (χ0) is 12.0. The lowest BCUT2D eigenvalue weighted by Gasteiger charge is -2.32. The van der Waals surface area contributed by atoms with Crippen molar-refractivity contribution >= 4 is 15.9 Å². The first-order valence-electron chi connectivity index (χ1n) is 5.60. The van der Waals surface area contributed by atoms with Crippen LogP contribution >= 0.6 is 15.9 Å². The van der Waals surface area contributed by atoms with Crippen LogP contribution in [-0.2, 0) is 19.1 Å². The first-order valence-corrected chi connectivity index (χ1v) is 6.39. The molecule has 0 spiro atoms. The minimum Gasteiger partial charge on any atom is -0.469 e. The second kappa shape index (κ2) is 3.71. The number of halogens is 1. The highest BCUT2D eigenvalue weighted by Gasteiger charge is 2.41. The van der Waals surface area contributed by atoms with Gasteiger partial charge in [0.05, 0.1) is 22.6 Å². The van der Waals surface area contributed by atoms with E-state index in [0.29, 0.717) is 6.42 Å². The van der Waals surface area contributed by atoms with Gasteiger partial charge in [0.25, 0.3) is 0 Å². The molecule has 4 nitrogen and oxygen atoms in total. The zero-order valence-corrected chi connectivity index (χ0v) is 11.1. The number of rotatable bonds is 1. The van der Waals surface area contributed by atoms with Crippen molar-refractivity contribution in [1.29, 1.82) is 0 Å². The van der Waals surface area contributed by atoms with Crippen LogP contribution in [0.4, 0.5) is 0 Å². The molecule has 90 valence electrons. The number of nitrogens with zero attached hydrogens (tertiary/aromatic N) is 2. The van der Waals surface area contributed by atoms with Crippen LogP contribution in [0.15, 0.2) is 27.4 Å². The van der Waals surface area contributed by atoms with Gasteiger partial charge in [-0.25, -0.2) is 0 Å². The van der Waals surface area contributed by atoms with E-state index in [0.717, 1.165) is 34.3 Å². The van der Waals surface area contributed by atoms with E-state index in [9.17, 15) is 5.11 Å². The number of aliphatic hydroxyl groups is 1. The summed E-state index contributed by atoms with van der Waals surface area (Å²) in [6.45, 7) is 0. The van der Waals surface area contributed by atoms with Crippen molar-refractivity contribution < 1.29 is 9.52 Å². The minimum atomic E-state index is -0.995. The Morgan fingerprint density at radius 3 is 3.12 bits per heavy atom. The Balaban J connectivity index is 2.22. The summed E-state index contributed by atoms with van der Waals surface area (Å²) in [6, 6.07) is 1.86. The van der Waals surface area contributed by atoms with E-state index in [-0.39, 0.29) is 0 Å². The second-order valence-electron chi connectivity index (χ2n) is 4.44. The number of furan rings is 1. The van der Waals surface area contributed by atoms with Crippen LogP contribution in [0.25, 0.3) is 0 Å². The van der Waals surface area contributed by atoms with Crippen LogP contribution < -0.4 is 0 Å². The number of hydrogen-bond acceptors (Lipinski definition) is 3. The largest absolute Gasteiger partial charge is 0.469 e. The van der Waals surface area contributed by atoms with Crippen LogP contribution in [0.3, 0.4) is 0 Å². The highest BCUT2D eigenvalue weighted by Crippen LogP contribution is 2.43. The first-order chi connectivity index (χ1) is 8.13. The number of fused-ring (bicyclic) bond motifs is 1. The Morgan fingerprint density at radius 2 is 2.41 bits per heavy atom. The second-order valence-corrected chi connectivity index (χ2v) is 5.29. The van der Waals surface area contributed by atoms with Crippen LogP contribution in [0.1, 0.15) is 29.9 Å². The number of aryl methyl sites for hydroxylation is 2. The Hall–Kier alpha value is -1.07. The Bertz CT molecular complexity index is 541. The van der Waals surface area contributed by atoms with Gasteiger partial charge in [-0.3, -0.25) is 4.68 Å². The Labute approximate surface area is 107 Å². The van der Waals surface area contributed by atoms with Crippen molar-refractivity contribution in [2.45, 2.75) is 24.9 Å². The van der Waals surface area contributed by atoms with E-state index < -0.39 is 5.60 Å². The normalized spacial score (nSPS) is 23.7. The van der Waals surface area contributed by atoms with Gasteiger partial charge in [0, 0.05) is 19.0 Å². The molecule has 1 aliphatic rings. The summed E-state index contributed by atoms with van der Waals surface area (Å²) in [6.07, 6.45) is 5.85. The maximum atomic E-state index is 11.0. The molecular weight excluding hydrogens is 284 g/mol. The highest BCUT2D eigenvalue weighted by atomic mass is 79.9. The lowest BCUT2D eigenvalue weighted by Crippen LogP contribution is -2.33. The van der Waals surface area contributed by atoms with E-state index in [1.54, 1.807) is 17.1 Å². The summed E-state index contributed by atoms with van der Waals surface area (Å²) < 4.78 is 7.97. The van der Waals surface area contributed by atoms with E-state index >= 15 is 0 Å². The van der Waals surface area contributed by atoms with Gasteiger partial charge in [-0.15, -0.1) is 0 Å². The van der Waals surface area contributed by atoms with Gasteiger partial charge in [-0.1, -0.05) is 0 Å². The summed E-state index contributed by atoms with van der Waals surface area (Å²) in [5, 5.41) is 15.2. The molecule has 0 fully saturated rings. The van der Waals surface area contributed by atoms with Crippen molar-refractivity contribution in [3.8, 4) is 0 Å². The van der Waals surface area contributed by atoms with Crippen LogP contribution in [0.2, 0.25) is 0 Å². The third kappa shape index (κ3) is 1.49. The maximum Gasteiger partial charge on any atom is 0.136 e. The SMILES string of the molecule is Cn1ncc(Br)c1C1(O)CCCc2occc21. The fraction of sp³-hybridized carbons (Fsp3) is 0.417. The van der Waals surface area contributed by atoms with E-state index in [1.807, 2.05) is 13.1 Å². The molecule has 0 saturated heterocycles. The molecule has 0 aromatic carbocycles. The number of aromatic nitrogens is 2. The van der Waals surface area contributed by atoms with Crippen molar-refractivity contribution in [2.75, 3.05) is 0 Å².